The van der Waals surface area contributed by atoms with Crippen LogP contribution in [0.3, 0.4) is 0 Å². The van der Waals surface area contributed by atoms with Crippen LogP contribution in [0.5, 0.6) is 0 Å². The fourth-order valence-corrected chi connectivity index (χ4v) is 4.07. The summed E-state index contributed by atoms with van der Waals surface area (Å²) in [6.07, 6.45) is 0. The van der Waals surface area contributed by atoms with Gasteiger partial charge in [-0.3, -0.25) is 4.79 Å². The minimum absolute atomic E-state index is 0.158. The molecule has 4 rings (SSSR count). The summed E-state index contributed by atoms with van der Waals surface area (Å²) in [5.74, 6) is 0.128. The van der Waals surface area contributed by atoms with Gasteiger partial charge in [0, 0.05) is 10.5 Å². The van der Waals surface area contributed by atoms with E-state index in [1.54, 1.807) is 19.1 Å². The fourth-order valence-electron chi connectivity index (χ4n) is 3.01. The lowest BCUT2D eigenvalue weighted by atomic mass is 10.1. The van der Waals surface area contributed by atoms with E-state index in [2.05, 4.69) is 15.5 Å². The number of hydrogen-bond donors (Lipinski definition) is 1. The summed E-state index contributed by atoms with van der Waals surface area (Å²) < 4.78 is 18.5. The van der Waals surface area contributed by atoms with Gasteiger partial charge >= 0.3 is 0 Å². The maximum absolute atomic E-state index is 13.2. The topological polar surface area (TPSA) is 68.0 Å². The maximum atomic E-state index is 13.2. The minimum atomic E-state index is -0.489. The summed E-state index contributed by atoms with van der Waals surface area (Å²) in [5, 5.41) is 6.48. The second-order valence-corrected chi connectivity index (χ2v) is 8.09. The van der Waals surface area contributed by atoms with Crippen molar-refractivity contribution in [2.24, 2.45) is 0 Å². The lowest BCUT2D eigenvalue weighted by Gasteiger charge is -2.19. The van der Waals surface area contributed by atoms with Crippen molar-refractivity contribution in [2.75, 3.05) is 0 Å². The molecule has 0 spiro atoms. The van der Waals surface area contributed by atoms with Gasteiger partial charge in [-0.2, -0.15) is 4.98 Å². The van der Waals surface area contributed by atoms with Crippen LogP contribution in [-0.2, 0) is 4.79 Å². The smallest absolute Gasteiger partial charge is 0.249 e. The standard InChI is InChI=1S/C24H20FN3O2S/c1-16(24-27-22(28-30-24)18-12-14-19(25)15-13-18)26-23(29)21(17-8-4-2-5-9-17)31-20-10-6-3-7-11-20/h2-16,21H,1H3,(H,26,29)/t16-,21-/m1/s1. The minimum Gasteiger partial charge on any atom is -0.343 e. The second kappa shape index (κ2) is 9.57. The van der Waals surface area contributed by atoms with Crippen LogP contribution >= 0.6 is 11.8 Å². The molecular formula is C24H20FN3O2S. The highest BCUT2D eigenvalue weighted by atomic mass is 32.2. The largest absolute Gasteiger partial charge is 0.343 e. The van der Waals surface area contributed by atoms with Crippen LogP contribution in [0, 0.1) is 5.82 Å². The zero-order valence-electron chi connectivity index (χ0n) is 16.7. The van der Waals surface area contributed by atoms with Crippen molar-refractivity contribution < 1.29 is 13.7 Å². The Kier molecular flexibility index (Phi) is 6.43. The Morgan fingerprint density at radius 2 is 1.61 bits per heavy atom. The highest BCUT2D eigenvalue weighted by molar-refractivity contribution is 8.00. The molecule has 0 saturated carbocycles. The first-order chi connectivity index (χ1) is 15.1. The average molecular weight is 434 g/mol. The fraction of sp³-hybridized carbons (Fsp3) is 0.125. The Bertz CT molecular complexity index is 1130. The van der Waals surface area contributed by atoms with Gasteiger partial charge in [0.25, 0.3) is 0 Å². The Hall–Kier alpha value is -3.45. The summed E-state index contributed by atoms with van der Waals surface area (Å²) in [5.41, 5.74) is 1.54. The molecule has 0 aliphatic rings. The molecule has 1 amide bonds. The highest BCUT2D eigenvalue weighted by Gasteiger charge is 2.25. The van der Waals surface area contributed by atoms with E-state index in [0.717, 1.165) is 10.5 Å². The molecule has 1 N–H and O–H groups in total. The maximum Gasteiger partial charge on any atom is 0.249 e. The lowest BCUT2D eigenvalue weighted by Crippen LogP contribution is -2.30. The molecule has 2 atom stereocenters. The summed E-state index contributed by atoms with van der Waals surface area (Å²) in [4.78, 5) is 18.5. The van der Waals surface area contributed by atoms with Gasteiger partial charge in [-0.15, -0.1) is 11.8 Å². The monoisotopic (exact) mass is 433 g/mol. The van der Waals surface area contributed by atoms with Gasteiger partial charge in [0.05, 0.1) is 0 Å². The third-order valence-corrected chi connectivity index (χ3v) is 5.88. The zero-order valence-corrected chi connectivity index (χ0v) is 17.6. The van der Waals surface area contributed by atoms with E-state index in [1.165, 1.54) is 23.9 Å². The Labute approximate surface area is 183 Å². The van der Waals surface area contributed by atoms with Gasteiger partial charge in [-0.05, 0) is 48.9 Å². The van der Waals surface area contributed by atoms with E-state index in [9.17, 15) is 9.18 Å². The predicted octanol–water partition coefficient (Wildman–Crippen LogP) is 5.59. The summed E-state index contributed by atoms with van der Waals surface area (Å²) >= 11 is 1.48. The van der Waals surface area contributed by atoms with Gasteiger partial charge in [0.1, 0.15) is 17.1 Å². The SMILES string of the molecule is C[C@@H](NC(=O)[C@H](Sc1ccccc1)c1ccccc1)c1nc(-c2ccc(F)cc2)no1. The van der Waals surface area contributed by atoms with Gasteiger partial charge in [0.15, 0.2) is 0 Å². The van der Waals surface area contributed by atoms with Crippen molar-refractivity contribution in [3.05, 3.63) is 102 Å². The van der Waals surface area contributed by atoms with Crippen LogP contribution in [0.15, 0.2) is 94.3 Å². The molecule has 156 valence electrons. The molecule has 0 aliphatic carbocycles. The van der Waals surface area contributed by atoms with Gasteiger partial charge in [-0.25, -0.2) is 4.39 Å². The highest BCUT2D eigenvalue weighted by Crippen LogP contribution is 2.35. The molecule has 4 aromatic rings. The summed E-state index contributed by atoms with van der Waals surface area (Å²) in [6.45, 7) is 1.79. The van der Waals surface area contributed by atoms with Crippen molar-refractivity contribution >= 4 is 17.7 Å². The predicted molar refractivity (Wildman–Crippen MR) is 118 cm³/mol. The third kappa shape index (κ3) is 5.19. The van der Waals surface area contributed by atoms with Gasteiger partial charge < -0.3 is 9.84 Å². The number of hydrogen-bond acceptors (Lipinski definition) is 5. The normalized spacial score (nSPS) is 12.8. The summed E-state index contributed by atoms with van der Waals surface area (Å²) in [7, 11) is 0. The zero-order chi connectivity index (χ0) is 21.6. The van der Waals surface area contributed by atoms with Crippen molar-refractivity contribution in [1.29, 1.82) is 0 Å². The number of nitrogens with zero attached hydrogens (tertiary/aromatic N) is 2. The van der Waals surface area contributed by atoms with E-state index in [-0.39, 0.29) is 17.6 Å². The van der Waals surface area contributed by atoms with Crippen LogP contribution in [0.1, 0.15) is 29.7 Å². The lowest BCUT2D eigenvalue weighted by molar-refractivity contribution is -0.121. The second-order valence-electron chi connectivity index (χ2n) is 6.92. The number of amides is 1. The van der Waals surface area contributed by atoms with Crippen molar-refractivity contribution in [3.8, 4) is 11.4 Å². The Balaban J connectivity index is 1.51. The van der Waals surface area contributed by atoms with Crippen molar-refractivity contribution in [2.45, 2.75) is 23.1 Å². The molecule has 0 unspecified atom stereocenters. The first kappa shape index (κ1) is 20.8. The number of carbonyl (C=O) groups excluding carboxylic acids is 1. The molecule has 3 aromatic carbocycles. The Morgan fingerprint density at radius 1 is 0.968 bits per heavy atom. The third-order valence-electron chi connectivity index (χ3n) is 4.61. The average Bonchev–Trinajstić information content (AvgIpc) is 3.30. The van der Waals surface area contributed by atoms with Crippen molar-refractivity contribution in [3.63, 3.8) is 0 Å². The van der Waals surface area contributed by atoms with Crippen molar-refractivity contribution in [1.82, 2.24) is 15.5 Å². The van der Waals surface area contributed by atoms with Crippen LogP contribution < -0.4 is 5.32 Å². The van der Waals surface area contributed by atoms with E-state index in [4.69, 9.17) is 4.52 Å². The van der Waals surface area contributed by atoms with Crippen LogP contribution in [0.2, 0.25) is 0 Å². The van der Waals surface area contributed by atoms with E-state index < -0.39 is 11.3 Å². The van der Waals surface area contributed by atoms with Gasteiger partial charge in [0.2, 0.25) is 17.6 Å². The van der Waals surface area contributed by atoms with Crippen LogP contribution in [-0.4, -0.2) is 16.0 Å². The molecular weight excluding hydrogens is 413 g/mol. The molecule has 7 heteroatoms. The molecule has 0 bridgehead atoms. The van der Waals surface area contributed by atoms with Gasteiger partial charge in [-0.1, -0.05) is 53.7 Å². The number of thioether (sulfide) groups is 1. The molecule has 1 aromatic heterocycles. The van der Waals surface area contributed by atoms with E-state index in [0.29, 0.717) is 11.4 Å². The van der Waals surface area contributed by atoms with Crippen LogP contribution in [0.25, 0.3) is 11.4 Å². The molecule has 0 radical (unpaired) electrons. The Morgan fingerprint density at radius 3 is 2.29 bits per heavy atom. The number of benzene rings is 3. The quantitative estimate of drug-likeness (QED) is 0.385. The molecule has 31 heavy (non-hydrogen) atoms. The first-order valence-corrected chi connectivity index (χ1v) is 10.6. The molecule has 0 saturated heterocycles. The van der Waals surface area contributed by atoms with Crippen LogP contribution in [0.4, 0.5) is 4.39 Å². The number of carbonyl (C=O) groups is 1. The number of nitrogens with one attached hydrogen (secondary N) is 1. The molecule has 5 nitrogen and oxygen atoms in total. The molecule has 0 aliphatic heterocycles. The first-order valence-electron chi connectivity index (χ1n) is 9.77. The number of rotatable bonds is 7. The molecule has 0 fully saturated rings. The summed E-state index contributed by atoms with van der Waals surface area (Å²) in [6, 6.07) is 24.7. The number of halogens is 1. The number of aromatic nitrogens is 2. The molecule has 1 heterocycles. The van der Waals surface area contributed by atoms with E-state index >= 15 is 0 Å². The van der Waals surface area contributed by atoms with E-state index in [1.807, 2.05) is 60.7 Å².